The van der Waals surface area contributed by atoms with Gasteiger partial charge in [-0.1, -0.05) is 23.9 Å². The first-order valence-electron chi connectivity index (χ1n) is 9.52. The highest BCUT2D eigenvalue weighted by atomic mass is 32.2. The van der Waals surface area contributed by atoms with Crippen molar-refractivity contribution in [3.8, 4) is 6.07 Å². The summed E-state index contributed by atoms with van der Waals surface area (Å²) in [7, 11) is 0. The summed E-state index contributed by atoms with van der Waals surface area (Å²) in [4.78, 5) is 30.1. The van der Waals surface area contributed by atoms with Crippen molar-refractivity contribution in [3.05, 3.63) is 53.2 Å². The number of esters is 1. The summed E-state index contributed by atoms with van der Waals surface area (Å²) in [5, 5.41) is 12.6. The van der Waals surface area contributed by atoms with Crippen molar-refractivity contribution in [2.24, 2.45) is 0 Å². The molecule has 1 heterocycles. The number of hydrogen-bond donors (Lipinski definition) is 1. The van der Waals surface area contributed by atoms with E-state index in [-0.39, 0.29) is 0 Å². The molecule has 0 unspecified atom stereocenters. The number of amides is 1. The molecule has 1 saturated carbocycles. The average molecular weight is 410 g/mol. The van der Waals surface area contributed by atoms with Crippen LogP contribution in [0.25, 0.3) is 0 Å². The van der Waals surface area contributed by atoms with Crippen LogP contribution in [0.2, 0.25) is 0 Å². The number of nitrogens with one attached hydrogen (secondary N) is 1. The predicted octanol–water partition coefficient (Wildman–Crippen LogP) is 3.96. The first-order chi connectivity index (χ1) is 13.9. The maximum atomic E-state index is 12.6. The van der Waals surface area contributed by atoms with Crippen molar-refractivity contribution >= 4 is 23.6 Å². The Kier molecular flexibility index (Phi) is 6.55. The largest absolute Gasteiger partial charge is 0.452 e. The number of hydrogen-bond acceptors (Lipinski definition) is 6. The Balaban J connectivity index is 1.66. The lowest BCUT2D eigenvalue weighted by Gasteiger charge is -2.21. The summed E-state index contributed by atoms with van der Waals surface area (Å²) in [5.41, 5.74) is 1.68. The lowest BCUT2D eigenvalue weighted by molar-refractivity contribution is -0.125. The second kappa shape index (κ2) is 9.10. The Labute approximate surface area is 174 Å². The van der Waals surface area contributed by atoms with Crippen molar-refractivity contribution in [1.82, 2.24) is 10.3 Å². The van der Waals surface area contributed by atoms with Crippen LogP contribution in [-0.2, 0) is 9.53 Å². The second-order valence-corrected chi connectivity index (χ2v) is 8.28. The molecule has 2 aromatic rings. The molecule has 0 atom stereocenters. The van der Waals surface area contributed by atoms with E-state index in [0.717, 1.165) is 28.9 Å². The van der Waals surface area contributed by atoms with Gasteiger partial charge in [-0.25, -0.2) is 9.78 Å². The number of carbonyl (C=O) groups is 2. The molecule has 1 N–H and O–H groups in total. The summed E-state index contributed by atoms with van der Waals surface area (Å²) in [6.07, 6.45) is 4.68. The van der Waals surface area contributed by atoms with E-state index in [4.69, 9.17) is 4.74 Å². The molecule has 1 aromatic heterocycles. The molecule has 29 heavy (non-hydrogen) atoms. The minimum atomic E-state index is -0.832. The number of nitrogens with zero attached hydrogens (tertiary/aromatic N) is 2. The van der Waals surface area contributed by atoms with Gasteiger partial charge in [0.05, 0.1) is 11.6 Å². The molecule has 0 bridgehead atoms. The van der Waals surface area contributed by atoms with Gasteiger partial charge in [0, 0.05) is 11.1 Å². The van der Waals surface area contributed by atoms with Gasteiger partial charge in [0.2, 0.25) is 0 Å². The molecule has 0 spiro atoms. The number of ether oxygens (including phenoxy) is 1. The van der Waals surface area contributed by atoms with E-state index in [1.165, 1.54) is 11.8 Å². The highest BCUT2D eigenvalue weighted by Crippen LogP contribution is 2.32. The number of nitriles is 1. The monoisotopic (exact) mass is 409 g/mol. The summed E-state index contributed by atoms with van der Waals surface area (Å²) in [5.74, 6) is -1.08. The van der Waals surface area contributed by atoms with Crippen LogP contribution in [0.15, 0.2) is 46.5 Å². The van der Waals surface area contributed by atoms with Crippen molar-refractivity contribution < 1.29 is 14.3 Å². The number of benzene rings is 1. The van der Waals surface area contributed by atoms with E-state index in [1.54, 1.807) is 18.3 Å². The minimum absolute atomic E-state index is 0.307. The van der Waals surface area contributed by atoms with Gasteiger partial charge < -0.3 is 10.1 Å². The van der Waals surface area contributed by atoms with Gasteiger partial charge in [0.25, 0.3) is 5.91 Å². The van der Waals surface area contributed by atoms with Crippen molar-refractivity contribution in [3.63, 3.8) is 0 Å². The van der Waals surface area contributed by atoms with Crippen LogP contribution in [0.5, 0.6) is 0 Å². The third-order valence-corrected chi connectivity index (χ3v) is 6.10. The smallest absolute Gasteiger partial charge is 0.341 e. The van der Waals surface area contributed by atoms with E-state index in [0.29, 0.717) is 23.4 Å². The normalized spacial score (nSPS) is 14.8. The molecule has 6 nitrogen and oxygen atoms in total. The van der Waals surface area contributed by atoms with Crippen molar-refractivity contribution in [2.45, 2.75) is 55.0 Å². The lowest BCUT2D eigenvalue weighted by atomic mass is 10.00. The van der Waals surface area contributed by atoms with Gasteiger partial charge in [-0.3, -0.25) is 4.79 Å². The molecule has 0 radical (unpaired) electrons. The van der Waals surface area contributed by atoms with Crippen LogP contribution in [0.3, 0.4) is 0 Å². The molecule has 1 aromatic carbocycles. The fourth-order valence-corrected chi connectivity index (χ4v) is 4.36. The van der Waals surface area contributed by atoms with Crippen molar-refractivity contribution in [2.75, 3.05) is 6.61 Å². The minimum Gasteiger partial charge on any atom is -0.452 e. The third kappa shape index (κ3) is 5.15. The fourth-order valence-electron chi connectivity index (χ4n) is 3.30. The number of rotatable bonds is 6. The van der Waals surface area contributed by atoms with Crippen LogP contribution in [-0.4, -0.2) is 29.0 Å². The molecule has 1 fully saturated rings. The zero-order chi connectivity index (χ0) is 20.9. The Hall–Kier alpha value is -2.85. The molecule has 3 rings (SSSR count). The Bertz CT molecular complexity index is 962. The second-order valence-electron chi connectivity index (χ2n) is 7.25. The highest BCUT2D eigenvalue weighted by molar-refractivity contribution is 7.99. The Morgan fingerprint density at radius 2 is 2.03 bits per heavy atom. The van der Waals surface area contributed by atoms with Gasteiger partial charge in [-0.2, -0.15) is 5.26 Å². The zero-order valence-electron chi connectivity index (χ0n) is 16.5. The number of pyridine rings is 1. The molecule has 0 saturated heterocycles. The molecule has 150 valence electrons. The summed E-state index contributed by atoms with van der Waals surface area (Å²) in [6, 6.07) is 11.6. The number of aryl methyl sites for hydroxylation is 2. The van der Waals surface area contributed by atoms with Gasteiger partial charge in [0.1, 0.15) is 10.6 Å². The first-order valence-corrected chi connectivity index (χ1v) is 10.3. The molecule has 1 aliphatic carbocycles. The lowest BCUT2D eigenvalue weighted by Crippen LogP contribution is -2.46. The molecule has 7 heteroatoms. The maximum absolute atomic E-state index is 12.6. The van der Waals surface area contributed by atoms with Crippen LogP contribution in [0, 0.1) is 25.2 Å². The van der Waals surface area contributed by atoms with E-state index in [9.17, 15) is 14.9 Å². The standard InChI is InChI=1S/C22H23N3O3S/c1-15-7-8-16(2)18(12-15)29-20-17(6-5-11-24-20)21(27)28-13-19(26)25-22(14-23)9-3-4-10-22/h5-8,11-12H,3-4,9-10,13H2,1-2H3,(H,25,26). The van der Waals surface area contributed by atoms with Crippen molar-refractivity contribution in [1.29, 1.82) is 5.26 Å². The molecular weight excluding hydrogens is 386 g/mol. The van der Waals surface area contributed by atoms with Gasteiger partial charge in [0.15, 0.2) is 6.61 Å². The van der Waals surface area contributed by atoms with Gasteiger partial charge in [-0.15, -0.1) is 0 Å². The van der Waals surface area contributed by atoms with E-state index >= 15 is 0 Å². The van der Waals surface area contributed by atoms with Gasteiger partial charge >= 0.3 is 5.97 Å². The number of carbonyl (C=O) groups excluding carboxylic acids is 2. The molecule has 0 aliphatic heterocycles. The maximum Gasteiger partial charge on any atom is 0.341 e. The third-order valence-electron chi connectivity index (χ3n) is 4.93. The van der Waals surface area contributed by atoms with Crippen LogP contribution < -0.4 is 5.32 Å². The Morgan fingerprint density at radius 1 is 1.28 bits per heavy atom. The van der Waals surface area contributed by atoms with E-state index < -0.39 is 24.0 Å². The molecule has 1 aliphatic rings. The average Bonchev–Trinajstić information content (AvgIpc) is 3.18. The van der Waals surface area contributed by atoms with E-state index in [2.05, 4.69) is 16.4 Å². The highest BCUT2D eigenvalue weighted by Gasteiger charge is 2.35. The van der Waals surface area contributed by atoms with Crippen LogP contribution in [0.1, 0.15) is 47.2 Å². The predicted molar refractivity (Wildman–Crippen MR) is 110 cm³/mol. The Morgan fingerprint density at radius 3 is 2.76 bits per heavy atom. The summed E-state index contributed by atoms with van der Waals surface area (Å²) >= 11 is 1.39. The molecule has 1 amide bonds. The van der Waals surface area contributed by atoms with Crippen LogP contribution >= 0.6 is 11.8 Å². The summed E-state index contributed by atoms with van der Waals surface area (Å²) < 4.78 is 5.21. The fraction of sp³-hybridized carbons (Fsp3) is 0.364. The van der Waals surface area contributed by atoms with E-state index in [1.807, 2.05) is 32.0 Å². The summed E-state index contributed by atoms with van der Waals surface area (Å²) in [6.45, 7) is 3.58. The van der Waals surface area contributed by atoms with Gasteiger partial charge in [-0.05, 0) is 68.9 Å². The number of aromatic nitrogens is 1. The molecular formula is C22H23N3O3S. The zero-order valence-corrected chi connectivity index (χ0v) is 17.3. The first kappa shape index (κ1) is 20.9. The van der Waals surface area contributed by atoms with Crippen LogP contribution in [0.4, 0.5) is 0 Å². The quantitative estimate of drug-likeness (QED) is 0.726. The SMILES string of the molecule is Cc1ccc(C)c(Sc2ncccc2C(=O)OCC(=O)NC2(C#N)CCCC2)c1. The topological polar surface area (TPSA) is 92.1 Å².